The molecule has 1 aromatic carbocycles. The maximum absolute atomic E-state index is 5.72. The Kier molecular flexibility index (Phi) is 2.56. The molecular weight excluding hydrogens is 240 g/mol. The lowest BCUT2D eigenvalue weighted by atomic mass is 10.2. The second-order valence-electron chi connectivity index (χ2n) is 4.40. The first-order chi connectivity index (χ1) is 9.15. The summed E-state index contributed by atoms with van der Waals surface area (Å²) in [6.07, 6.45) is 1.59. The topological polar surface area (TPSA) is 83.7 Å². The number of fused-ring (bicyclic) bond motifs is 1. The Morgan fingerprint density at radius 2 is 1.89 bits per heavy atom. The minimum atomic E-state index is 0.216. The summed E-state index contributed by atoms with van der Waals surface area (Å²) >= 11 is 0. The van der Waals surface area contributed by atoms with Gasteiger partial charge in [0.05, 0.1) is 6.33 Å². The Hall–Kier alpha value is -2.63. The molecule has 3 aromatic rings. The van der Waals surface area contributed by atoms with Crippen molar-refractivity contribution in [2.24, 2.45) is 0 Å². The molecule has 0 spiro atoms. The third-order valence-corrected chi connectivity index (χ3v) is 3.02. The van der Waals surface area contributed by atoms with Crippen LogP contribution in [0.1, 0.15) is 5.56 Å². The van der Waals surface area contributed by atoms with Crippen molar-refractivity contribution in [2.75, 3.05) is 17.7 Å². The quantitative estimate of drug-likeness (QED) is 0.730. The molecule has 2 heterocycles. The highest BCUT2D eigenvalue weighted by atomic mass is 15.2. The van der Waals surface area contributed by atoms with Crippen LogP contribution in [0, 0.1) is 6.92 Å². The predicted octanol–water partition coefficient (Wildman–Crippen LogP) is 2.01. The van der Waals surface area contributed by atoms with E-state index in [2.05, 4.69) is 39.0 Å². The van der Waals surface area contributed by atoms with Gasteiger partial charge in [-0.1, -0.05) is 17.7 Å². The average Bonchev–Trinajstić information content (AvgIpc) is 2.85. The van der Waals surface area contributed by atoms with Crippen LogP contribution in [0.5, 0.6) is 0 Å². The Balaban J connectivity index is 2.12. The van der Waals surface area contributed by atoms with E-state index >= 15 is 0 Å². The van der Waals surface area contributed by atoms with Gasteiger partial charge in [0, 0.05) is 12.7 Å². The van der Waals surface area contributed by atoms with Crippen LogP contribution in [0.25, 0.3) is 11.2 Å². The zero-order valence-electron chi connectivity index (χ0n) is 10.8. The van der Waals surface area contributed by atoms with Crippen LogP contribution in [-0.4, -0.2) is 27.0 Å². The molecule has 0 saturated carbocycles. The van der Waals surface area contributed by atoms with Crippen LogP contribution in [0.3, 0.4) is 0 Å². The van der Waals surface area contributed by atoms with Gasteiger partial charge in [0.1, 0.15) is 5.52 Å². The highest BCUT2D eigenvalue weighted by Crippen LogP contribution is 2.27. The molecule has 0 bridgehead atoms. The van der Waals surface area contributed by atoms with Crippen molar-refractivity contribution in [2.45, 2.75) is 6.92 Å². The number of nitrogens with zero attached hydrogens (tertiary/aromatic N) is 4. The molecule has 19 heavy (non-hydrogen) atoms. The van der Waals surface area contributed by atoms with Gasteiger partial charge >= 0.3 is 0 Å². The van der Waals surface area contributed by atoms with E-state index in [-0.39, 0.29) is 5.95 Å². The number of nitrogens with one attached hydrogen (secondary N) is 1. The van der Waals surface area contributed by atoms with Gasteiger partial charge in [-0.2, -0.15) is 9.97 Å². The highest BCUT2D eigenvalue weighted by molar-refractivity contribution is 5.86. The standard InChI is InChI=1S/C13H14N6/c1-8-3-5-9(6-4-8)19(2)12-10-11(16-7-15-10)17-13(14)18-12/h3-7H,1-2H3,(H3,14,15,16,17,18). The summed E-state index contributed by atoms with van der Waals surface area (Å²) in [6.45, 7) is 2.06. The van der Waals surface area contributed by atoms with Crippen LogP contribution in [-0.2, 0) is 0 Å². The normalized spacial score (nSPS) is 10.8. The molecule has 6 nitrogen and oxygen atoms in total. The SMILES string of the molecule is Cc1ccc(N(C)c2nc(N)nc3nc[nH]c23)cc1. The lowest BCUT2D eigenvalue weighted by Gasteiger charge is -2.19. The second-order valence-corrected chi connectivity index (χ2v) is 4.40. The Labute approximate surface area is 110 Å². The third-order valence-electron chi connectivity index (χ3n) is 3.02. The van der Waals surface area contributed by atoms with Gasteiger partial charge in [-0.15, -0.1) is 0 Å². The van der Waals surface area contributed by atoms with E-state index < -0.39 is 0 Å². The van der Waals surface area contributed by atoms with Crippen molar-refractivity contribution in [1.82, 2.24) is 19.9 Å². The van der Waals surface area contributed by atoms with Gasteiger partial charge in [-0.3, -0.25) is 0 Å². The summed E-state index contributed by atoms with van der Waals surface area (Å²) in [5.41, 5.74) is 9.31. The Morgan fingerprint density at radius 1 is 1.16 bits per heavy atom. The van der Waals surface area contributed by atoms with E-state index in [4.69, 9.17) is 5.73 Å². The number of hydrogen-bond acceptors (Lipinski definition) is 5. The molecule has 96 valence electrons. The zero-order valence-corrected chi connectivity index (χ0v) is 10.8. The second kappa shape index (κ2) is 4.24. The number of hydrogen-bond donors (Lipinski definition) is 2. The van der Waals surface area contributed by atoms with Gasteiger partial charge in [0.15, 0.2) is 11.5 Å². The van der Waals surface area contributed by atoms with Crippen LogP contribution in [0.15, 0.2) is 30.6 Å². The van der Waals surface area contributed by atoms with Crippen molar-refractivity contribution in [3.63, 3.8) is 0 Å². The number of imidazole rings is 1. The maximum Gasteiger partial charge on any atom is 0.224 e. The summed E-state index contributed by atoms with van der Waals surface area (Å²) < 4.78 is 0. The largest absolute Gasteiger partial charge is 0.368 e. The number of benzene rings is 1. The molecule has 0 fully saturated rings. The van der Waals surface area contributed by atoms with Crippen molar-refractivity contribution in [1.29, 1.82) is 0 Å². The third kappa shape index (κ3) is 1.97. The van der Waals surface area contributed by atoms with Gasteiger partial charge in [-0.25, -0.2) is 4.98 Å². The molecule has 0 aliphatic heterocycles. The fourth-order valence-electron chi connectivity index (χ4n) is 1.97. The molecule has 0 aliphatic carbocycles. The smallest absolute Gasteiger partial charge is 0.224 e. The highest BCUT2D eigenvalue weighted by Gasteiger charge is 2.13. The van der Waals surface area contributed by atoms with Crippen LogP contribution < -0.4 is 10.6 Å². The Bertz CT molecular complexity index is 716. The number of nitrogens with two attached hydrogens (primary N) is 1. The molecule has 0 unspecified atom stereocenters. The van der Waals surface area contributed by atoms with Crippen molar-refractivity contribution < 1.29 is 0 Å². The van der Waals surface area contributed by atoms with Crippen LogP contribution in [0.2, 0.25) is 0 Å². The van der Waals surface area contributed by atoms with E-state index in [9.17, 15) is 0 Å². The minimum absolute atomic E-state index is 0.216. The molecule has 6 heteroatoms. The Morgan fingerprint density at radius 3 is 2.63 bits per heavy atom. The predicted molar refractivity (Wildman–Crippen MR) is 75.3 cm³/mol. The van der Waals surface area contributed by atoms with Crippen molar-refractivity contribution in [3.05, 3.63) is 36.2 Å². The first kappa shape index (κ1) is 11.5. The lowest BCUT2D eigenvalue weighted by Crippen LogP contribution is -2.13. The monoisotopic (exact) mass is 254 g/mol. The minimum Gasteiger partial charge on any atom is -0.368 e. The van der Waals surface area contributed by atoms with E-state index in [0.717, 1.165) is 11.2 Å². The molecule has 0 saturated heterocycles. The van der Waals surface area contributed by atoms with Crippen LogP contribution >= 0.6 is 0 Å². The average molecular weight is 254 g/mol. The number of nitrogen functional groups attached to an aromatic ring is 1. The lowest BCUT2D eigenvalue weighted by molar-refractivity contribution is 1.11. The fraction of sp³-hybridized carbons (Fsp3) is 0.154. The summed E-state index contributed by atoms with van der Waals surface area (Å²) in [4.78, 5) is 17.5. The molecule has 2 aromatic heterocycles. The summed E-state index contributed by atoms with van der Waals surface area (Å²) in [7, 11) is 1.94. The number of anilines is 3. The first-order valence-electron chi connectivity index (χ1n) is 5.92. The first-order valence-corrected chi connectivity index (χ1v) is 5.92. The molecule has 3 rings (SSSR count). The molecule has 0 radical (unpaired) electrons. The number of aromatic nitrogens is 4. The fourth-order valence-corrected chi connectivity index (χ4v) is 1.97. The number of H-pyrrole nitrogens is 1. The van der Waals surface area contributed by atoms with Crippen molar-refractivity contribution >= 4 is 28.6 Å². The number of aromatic amines is 1. The number of aryl methyl sites for hydroxylation is 1. The van der Waals surface area contributed by atoms with Gasteiger partial charge in [0.25, 0.3) is 0 Å². The summed E-state index contributed by atoms with van der Waals surface area (Å²) in [6, 6.07) is 8.19. The van der Waals surface area contributed by atoms with E-state index in [1.807, 2.05) is 24.1 Å². The van der Waals surface area contributed by atoms with E-state index in [1.54, 1.807) is 6.33 Å². The van der Waals surface area contributed by atoms with Gasteiger partial charge < -0.3 is 15.6 Å². The summed E-state index contributed by atoms with van der Waals surface area (Å²) in [5, 5.41) is 0. The molecule has 0 amide bonds. The maximum atomic E-state index is 5.72. The number of rotatable bonds is 2. The van der Waals surface area contributed by atoms with Gasteiger partial charge in [0.2, 0.25) is 5.95 Å². The van der Waals surface area contributed by atoms with Gasteiger partial charge in [-0.05, 0) is 19.1 Å². The molecular formula is C13H14N6. The molecule has 3 N–H and O–H groups in total. The molecule has 0 aliphatic rings. The van der Waals surface area contributed by atoms with Crippen LogP contribution in [0.4, 0.5) is 17.5 Å². The zero-order chi connectivity index (χ0) is 13.4. The van der Waals surface area contributed by atoms with E-state index in [1.165, 1.54) is 5.56 Å². The summed E-state index contributed by atoms with van der Waals surface area (Å²) in [5.74, 6) is 0.928. The van der Waals surface area contributed by atoms with Crippen molar-refractivity contribution in [3.8, 4) is 0 Å². The molecule has 0 atom stereocenters. The van der Waals surface area contributed by atoms with E-state index in [0.29, 0.717) is 11.5 Å².